The molecule has 0 saturated heterocycles. The number of halogens is 1. The maximum Gasteiger partial charge on any atom is 0.144 e. The van der Waals surface area contributed by atoms with Gasteiger partial charge in [0.1, 0.15) is 16.2 Å². The maximum absolute atomic E-state index is 5.86. The van der Waals surface area contributed by atoms with Gasteiger partial charge in [-0.1, -0.05) is 44.3 Å². The average Bonchev–Trinajstić information content (AvgIpc) is 2.49. The molecule has 0 saturated carbocycles. The number of fused-ring (bicyclic) bond motifs is 1. The second-order valence-corrected chi connectivity index (χ2v) is 6.81. The third-order valence-corrected chi connectivity index (χ3v) is 5.11. The van der Waals surface area contributed by atoms with Crippen LogP contribution in [0.15, 0.2) is 28.7 Å². The van der Waals surface area contributed by atoms with Gasteiger partial charge in [-0.25, -0.2) is 4.98 Å². The molecular formula is C16H17BrN2OS. The molecule has 1 N–H and O–H groups in total. The number of benzene rings is 1. The summed E-state index contributed by atoms with van der Waals surface area (Å²) in [6.07, 6.45) is 0.924. The van der Waals surface area contributed by atoms with Crippen molar-refractivity contribution in [1.82, 2.24) is 9.97 Å². The molecule has 0 spiro atoms. The van der Waals surface area contributed by atoms with Gasteiger partial charge in [0, 0.05) is 5.69 Å². The van der Waals surface area contributed by atoms with Crippen LogP contribution in [0.1, 0.15) is 42.8 Å². The number of rotatable bonds is 2. The van der Waals surface area contributed by atoms with Gasteiger partial charge in [0.05, 0.1) is 17.0 Å². The molecule has 1 aromatic heterocycles. The van der Waals surface area contributed by atoms with Gasteiger partial charge in [-0.05, 0) is 39.9 Å². The Morgan fingerprint density at radius 3 is 2.90 bits per heavy atom. The molecule has 3 nitrogen and oxygen atoms in total. The predicted octanol–water partition coefficient (Wildman–Crippen LogP) is 4.74. The zero-order valence-corrected chi connectivity index (χ0v) is 14.4. The molecule has 1 aromatic carbocycles. The lowest BCUT2D eigenvalue weighted by Gasteiger charge is -2.25. The molecule has 1 aliphatic heterocycles. The predicted molar refractivity (Wildman–Crippen MR) is 89.6 cm³/mol. The molecule has 2 aromatic rings. The van der Waals surface area contributed by atoms with Crippen molar-refractivity contribution in [2.24, 2.45) is 0 Å². The Bertz CT molecular complexity index is 726. The highest BCUT2D eigenvalue weighted by Gasteiger charge is 2.24. The third-order valence-electron chi connectivity index (χ3n) is 3.75. The Kier molecular flexibility index (Phi) is 4.13. The van der Waals surface area contributed by atoms with Crippen LogP contribution < -0.4 is 4.74 Å². The van der Waals surface area contributed by atoms with Gasteiger partial charge in [-0.2, -0.15) is 0 Å². The van der Waals surface area contributed by atoms with Crippen molar-refractivity contribution in [2.75, 3.05) is 6.61 Å². The number of nitrogens with one attached hydrogen (secondary N) is 1. The molecule has 0 amide bonds. The second kappa shape index (κ2) is 5.89. The molecule has 5 heteroatoms. The summed E-state index contributed by atoms with van der Waals surface area (Å²) in [5.74, 6) is 2.47. The quantitative estimate of drug-likeness (QED) is 0.781. The molecule has 21 heavy (non-hydrogen) atoms. The fourth-order valence-electron chi connectivity index (χ4n) is 2.59. The lowest BCUT2D eigenvalue weighted by atomic mass is 9.96. The van der Waals surface area contributed by atoms with Crippen molar-refractivity contribution < 1.29 is 4.74 Å². The summed E-state index contributed by atoms with van der Waals surface area (Å²) in [6, 6.07) is 8.17. The molecule has 0 fully saturated rings. The topological polar surface area (TPSA) is 37.9 Å². The zero-order valence-electron chi connectivity index (χ0n) is 12.0. The number of ether oxygens (including phenoxy) is 1. The minimum absolute atomic E-state index is 0.215. The first-order valence-corrected chi connectivity index (χ1v) is 8.26. The average molecular weight is 365 g/mol. The first kappa shape index (κ1) is 14.7. The molecule has 1 unspecified atom stereocenters. The van der Waals surface area contributed by atoms with Crippen LogP contribution in [0.4, 0.5) is 0 Å². The van der Waals surface area contributed by atoms with E-state index in [2.05, 4.69) is 45.8 Å². The zero-order chi connectivity index (χ0) is 15.0. The van der Waals surface area contributed by atoms with E-state index in [1.165, 1.54) is 5.56 Å². The van der Waals surface area contributed by atoms with Crippen LogP contribution in [-0.2, 0) is 6.42 Å². The van der Waals surface area contributed by atoms with E-state index < -0.39 is 0 Å². The molecule has 110 valence electrons. The van der Waals surface area contributed by atoms with Crippen molar-refractivity contribution in [1.29, 1.82) is 0 Å². The Balaban J connectivity index is 1.97. The van der Waals surface area contributed by atoms with Crippen LogP contribution in [0, 0.1) is 4.64 Å². The van der Waals surface area contributed by atoms with Crippen LogP contribution >= 0.6 is 28.1 Å². The van der Waals surface area contributed by atoms with Crippen LogP contribution in [-0.4, -0.2) is 16.6 Å². The number of aromatic nitrogens is 2. The van der Waals surface area contributed by atoms with E-state index in [1.54, 1.807) is 0 Å². The summed E-state index contributed by atoms with van der Waals surface area (Å²) in [6.45, 7) is 4.91. The molecule has 0 radical (unpaired) electrons. The number of para-hydroxylation sites is 1. The van der Waals surface area contributed by atoms with Crippen molar-refractivity contribution in [3.8, 4) is 5.75 Å². The van der Waals surface area contributed by atoms with Gasteiger partial charge in [0.15, 0.2) is 0 Å². The Hall–Kier alpha value is -1.20. The van der Waals surface area contributed by atoms with Crippen molar-refractivity contribution in [3.63, 3.8) is 0 Å². The lowest BCUT2D eigenvalue weighted by Crippen LogP contribution is -2.22. The molecular weight excluding hydrogens is 348 g/mol. The first-order valence-electron chi connectivity index (χ1n) is 7.06. The van der Waals surface area contributed by atoms with E-state index in [9.17, 15) is 0 Å². The summed E-state index contributed by atoms with van der Waals surface area (Å²) < 4.78 is 7.37. The van der Waals surface area contributed by atoms with E-state index in [0.29, 0.717) is 17.2 Å². The minimum atomic E-state index is 0.215. The van der Waals surface area contributed by atoms with Crippen LogP contribution in [0.3, 0.4) is 0 Å². The SMILES string of the molecule is CC(C)c1[nH]c(C2COc3ccccc3C2)nc(=S)c1Br. The summed E-state index contributed by atoms with van der Waals surface area (Å²) in [5.41, 5.74) is 2.33. The minimum Gasteiger partial charge on any atom is -0.493 e. The number of hydrogen-bond donors (Lipinski definition) is 1. The summed E-state index contributed by atoms with van der Waals surface area (Å²) in [4.78, 5) is 7.99. The van der Waals surface area contributed by atoms with Gasteiger partial charge in [0.25, 0.3) is 0 Å². The lowest BCUT2D eigenvalue weighted by molar-refractivity contribution is 0.257. The molecule has 1 atom stereocenters. The normalized spacial score (nSPS) is 17.4. The number of aromatic amines is 1. The van der Waals surface area contributed by atoms with Crippen molar-refractivity contribution in [2.45, 2.75) is 32.1 Å². The maximum atomic E-state index is 5.86. The van der Waals surface area contributed by atoms with E-state index in [0.717, 1.165) is 28.2 Å². The fraction of sp³-hybridized carbons (Fsp3) is 0.375. The number of H-pyrrole nitrogens is 1. The van der Waals surface area contributed by atoms with Crippen LogP contribution in [0.2, 0.25) is 0 Å². The Morgan fingerprint density at radius 2 is 2.14 bits per heavy atom. The summed E-state index contributed by atoms with van der Waals surface area (Å²) in [5, 5.41) is 0. The molecule has 0 aliphatic carbocycles. The fourth-order valence-corrected chi connectivity index (χ4v) is 3.44. The first-order chi connectivity index (χ1) is 10.1. The molecule has 0 bridgehead atoms. The Labute approximate surface area is 137 Å². The molecule has 2 heterocycles. The van der Waals surface area contributed by atoms with Gasteiger partial charge in [-0.3, -0.25) is 0 Å². The summed E-state index contributed by atoms with van der Waals surface area (Å²) >= 11 is 8.91. The highest BCUT2D eigenvalue weighted by Crippen LogP contribution is 2.32. The largest absolute Gasteiger partial charge is 0.493 e. The van der Waals surface area contributed by atoms with Gasteiger partial charge >= 0.3 is 0 Å². The molecule has 3 rings (SSSR count). The standard InChI is InChI=1S/C16H17BrN2OS/c1-9(2)14-13(17)16(21)19-15(18-14)11-7-10-5-3-4-6-12(10)20-8-11/h3-6,9,11H,7-8H2,1-2H3,(H,18,19,21). The number of nitrogens with zero attached hydrogens (tertiary/aromatic N) is 1. The van der Waals surface area contributed by atoms with Gasteiger partial charge in [0.2, 0.25) is 0 Å². The Morgan fingerprint density at radius 1 is 1.38 bits per heavy atom. The van der Waals surface area contributed by atoms with Crippen molar-refractivity contribution in [3.05, 3.63) is 50.5 Å². The van der Waals surface area contributed by atoms with Gasteiger partial charge in [-0.15, -0.1) is 0 Å². The number of hydrogen-bond acceptors (Lipinski definition) is 3. The van der Waals surface area contributed by atoms with E-state index in [1.807, 2.05) is 18.2 Å². The van der Waals surface area contributed by atoms with E-state index >= 15 is 0 Å². The summed E-state index contributed by atoms with van der Waals surface area (Å²) in [7, 11) is 0. The van der Waals surface area contributed by atoms with Crippen molar-refractivity contribution >= 4 is 28.1 Å². The highest BCUT2D eigenvalue weighted by molar-refractivity contribution is 9.10. The van der Waals surface area contributed by atoms with Gasteiger partial charge < -0.3 is 9.72 Å². The van der Waals surface area contributed by atoms with E-state index in [-0.39, 0.29) is 5.92 Å². The molecule has 1 aliphatic rings. The van der Waals surface area contributed by atoms with E-state index in [4.69, 9.17) is 17.0 Å². The highest BCUT2D eigenvalue weighted by atomic mass is 79.9. The third kappa shape index (κ3) is 2.90. The second-order valence-electron chi connectivity index (χ2n) is 5.63. The smallest absolute Gasteiger partial charge is 0.144 e. The van der Waals surface area contributed by atoms with Crippen LogP contribution in [0.25, 0.3) is 0 Å². The van der Waals surface area contributed by atoms with Crippen LogP contribution in [0.5, 0.6) is 5.75 Å². The monoisotopic (exact) mass is 364 g/mol.